The summed E-state index contributed by atoms with van der Waals surface area (Å²) < 4.78 is 0. The molecule has 0 spiro atoms. The van der Waals surface area contributed by atoms with E-state index in [1.165, 1.54) is 5.56 Å². The SMILES string of the molecule is C[C@@H](CNC[C@]1(O)CCSC1)c1cccc(Cl)c1. The van der Waals surface area contributed by atoms with E-state index in [2.05, 4.69) is 18.3 Å². The molecule has 1 aromatic carbocycles. The molecule has 1 aromatic rings. The van der Waals surface area contributed by atoms with Crippen molar-refractivity contribution < 1.29 is 5.11 Å². The molecule has 0 unspecified atom stereocenters. The van der Waals surface area contributed by atoms with Crippen LogP contribution >= 0.6 is 23.4 Å². The minimum atomic E-state index is -0.501. The predicted molar refractivity (Wildman–Crippen MR) is 79.6 cm³/mol. The van der Waals surface area contributed by atoms with Gasteiger partial charge >= 0.3 is 0 Å². The Balaban J connectivity index is 1.79. The summed E-state index contributed by atoms with van der Waals surface area (Å²) in [6.45, 7) is 3.73. The van der Waals surface area contributed by atoms with Crippen molar-refractivity contribution in [2.75, 3.05) is 24.6 Å². The Bertz CT molecular complexity index is 393. The van der Waals surface area contributed by atoms with E-state index < -0.39 is 5.60 Å². The molecular weight excluding hydrogens is 266 g/mol. The van der Waals surface area contributed by atoms with Crippen molar-refractivity contribution in [2.45, 2.75) is 24.9 Å². The van der Waals surface area contributed by atoms with Crippen LogP contribution in [0.15, 0.2) is 24.3 Å². The third kappa shape index (κ3) is 3.89. The molecule has 0 saturated carbocycles. The lowest BCUT2D eigenvalue weighted by atomic mass is 10.00. The summed E-state index contributed by atoms with van der Waals surface area (Å²) in [5, 5.41) is 14.4. The van der Waals surface area contributed by atoms with Gasteiger partial charge in [0.2, 0.25) is 0 Å². The van der Waals surface area contributed by atoms with Crippen molar-refractivity contribution in [2.24, 2.45) is 0 Å². The second-order valence-corrected chi connectivity index (χ2v) is 6.66. The summed E-state index contributed by atoms with van der Waals surface area (Å²) in [6, 6.07) is 7.98. The first-order valence-corrected chi connectivity index (χ1v) is 7.89. The molecule has 1 fully saturated rings. The van der Waals surface area contributed by atoms with Gasteiger partial charge in [-0.15, -0.1) is 0 Å². The summed E-state index contributed by atoms with van der Waals surface area (Å²) in [4.78, 5) is 0. The zero-order valence-electron chi connectivity index (χ0n) is 10.7. The van der Waals surface area contributed by atoms with Crippen molar-refractivity contribution in [1.29, 1.82) is 0 Å². The molecule has 0 amide bonds. The van der Waals surface area contributed by atoms with Gasteiger partial charge in [-0.1, -0.05) is 30.7 Å². The Morgan fingerprint density at radius 2 is 2.39 bits per heavy atom. The average molecular weight is 286 g/mol. The van der Waals surface area contributed by atoms with Crippen molar-refractivity contribution in [3.8, 4) is 0 Å². The van der Waals surface area contributed by atoms with E-state index in [0.29, 0.717) is 12.5 Å². The van der Waals surface area contributed by atoms with Crippen LogP contribution in [0, 0.1) is 0 Å². The van der Waals surface area contributed by atoms with Gasteiger partial charge in [-0.25, -0.2) is 0 Å². The smallest absolute Gasteiger partial charge is 0.0869 e. The van der Waals surface area contributed by atoms with E-state index in [9.17, 15) is 5.11 Å². The molecule has 1 heterocycles. The second-order valence-electron chi connectivity index (χ2n) is 5.11. The standard InChI is InChI=1S/C14H20ClNOS/c1-11(12-3-2-4-13(15)7-12)8-16-9-14(17)5-6-18-10-14/h2-4,7,11,16-17H,5-6,8-10H2,1H3/t11-,14+/m0/s1. The van der Waals surface area contributed by atoms with Crippen LogP contribution in [0.5, 0.6) is 0 Å². The summed E-state index contributed by atoms with van der Waals surface area (Å²) in [7, 11) is 0. The van der Waals surface area contributed by atoms with Crippen LogP contribution in [0.25, 0.3) is 0 Å². The third-order valence-corrected chi connectivity index (χ3v) is 4.87. The van der Waals surface area contributed by atoms with Gasteiger partial charge in [-0.3, -0.25) is 0 Å². The van der Waals surface area contributed by atoms with Gasteiger partial charge in [0.15, 0.2) is 0 Å². The number of thioether (sulfide) groups is 1. The maximum Gasteiger partial charge on any atom is 0.0869 e. The van der Waals surface area contributed by atoms with Gasteiger partial charge in [0, 0.05) is 23.9 Å². The number of nitrogens with one attached hydrogen (secondary N) is 1. The second kappa shape index (κ2) is 6.29. The highest BCUT2D eigenvalue weighted by atomic mass is 35.5. The van der Waals surface area contributed by atoms with Gasteiger partial charge in [0.1, 0.15) is 0 Å². The van der Waals surface area contributed by atoms with Crippen LogP contribution in [0.2, 0.25) is 5.02 Å². The van der Waals surface area contributed by atoms with Gasteiger partial charge in [0.25, 0.3) is 0 Å². The molecule has 1 aliphatic heterocycles. The third-order valence-electron chi connectivity index (χ3n) is 3.40. The van der Waals surface area contributed by atoms with Crippen molar-refractivity contribution in [3.63, 3.8) is 0 Å². The number of rotatable bonds is 5. The molecule has 2 N–H and O–H groups in total. The van der Waals surface area contributed by atoms with Gasteiger partial charge in [0.05, 0.1) is 5.60 Å². The highest BCUT2D eigenvalue weighted by molar-refractivity contribution is 7.99. The summed E-state index contributed by atoms with van der Waals surface area (Å²) >= 11 is 7.82. The number of hydrogen-bond donors (Lipinski definition) is 2. The molecule has 2 rings (SSSR count). The van der Waals surface area contributed by atoms with E-state index in [1.807, 2.05) is 30.0 Å². The van der Waals surface area contributed by atoms with Crippen LogP contribution in [0.3, 0.4) is 0 Å². The van der Waals surface area contributed by atoms with E-state index >= 15 is 0 Å². The van der Waals surface area contributed by atoms with Crippen molar-refractivity contribution in [3.05, 3.63) is 34.9 Å². The first kappa shape index (κ1) is 14.2. The Morgan fingerprint density at radius 3 is 3.06 bits per heavy atom. The first-order valence-electron chi connectivity index (χ1n) is 6.35. The molecule has 1 saturated heterocycles. The molecule has 0 aromatic heterocycles. The lowest BCUT2D eigenvalue weighted by Crippen LogP contribution is -2.41. The van der Waals surface area contributed by atoms with Crippen LogP contribution in [-0.4, -0.2) is 35.3 Å². The molecule has 1 aliphatic rings. The Kier molecular flexibility index (Phi) is 4.96. The molecule has 18 heavy (non-hydrogen) atoms. The van der Waals surface area contributed by atoms with E-state index in [-0.39, 0.29) is 0 Å². The quantitative estimate of drug-likeness (QED) is 0.872. The Hall–Kier alpha value is -0.220. The first-order chi connectivity index (χ1) is 8.59. The number of hydrogen-bond acceptors (Lipinski definition) is 3. The Labute approximate surface area is 118 Å². The lowest BCUT2D eigenvalue weighted by molar-refractivity contribution is 0.0676. The molecule has 4 heteroatoms. The fourth-order valence-corrected chi connectivity index (χ4v) is 3.68. The average Bonchev–Trinajstić information content (AvgIpc) is 2.76. The maximum atomic E-state index is 10.2. The molecule has 2 atom stereocenters. The van der Waals surface area contributed by atoms with Crippen LogP contribution < -0.4 is 5.32 Å². The van der Waals surface area contributed by atoms with Crippen LogP contribution in [0.4, 0.5) is 0 Å². The molecular formula is C14H20ClNOS. The topological polar surface area (TPSA) is 32.3 Å². The van der Waals surface area contributed by atoms with Crippen molar-refractivity contribution >= 4 is 23.4 Å². The normalized spacial score (nSPS) is 25.3. The van der Waals surface area contributed by atoms with E-state index in [0.717, 1.165) is 29.5 Å². The van der Waals surface area contributed by atoms with Crippen molar-refractivity contribution in [1.82, 2.24) is 5.32 Å². The predicted octanol–water partition coefficient (Wildman–Crippen LogP) is 2.90. The van der Waals surface area contributed by atoms with Gasteiger partial charge in [-0.05, 0) is 35.8 Å². The lowest BCUT2D eigenvalue weighted by Gasteiger charge is -2.23. The number of benzene rings is 1. The van der Waals surface area contributed by atoms with E-state index in [1.54, 1.807) is 0 Å². The summed E-state index contributed by atoms with van der Waals surface area (Å²) in [5.41, 5.74) is 0.737. The van der Waals surface area contributed by atoms with Crippen LogP contribution in [-0.2, 0) is 0 Å². The molecule has 2 nitrogen and oxygen atoms in total. The maximum absolute atomic E-state index is 10.2. The zero-order chi connectivity index (χ0) is 13.0. The fraction of sp³-hybridized carbons (Fsp3) is 0.571. The molecule has 0 aliphatic carbocycles. The largest absolute Gasteiger partial charge is 0.388 e. The molecule has 100 valence electrons. The van der Waals surface area contributed by atoms with Gasteiger partial charge < -0.3 is 10.4 Å². The monoisotopic (exact) mass is 285 g/mol. The van der Waals surface area contributed by atoms with E-state index in [4.69, 9.17) is 11.6 Å². The molecule has 0 radical (unpaired) electrons. The highest BCUT2D eigenvalue weighted by Crippen LogP contribution is 2.27. The molecule has 0 bridgehead atoms. The summed E-state index contributed by atoms with van der Waals surface area (Å²) in [5.74, 6) is 2.33. The van der Waals surface area contributed by atoms with Gasteiger partial charge in [-0.2, -0.15) is 11.8 Å². The summed E-state index contributed by atoms with van der Waals surface area (Å²) in [6.07, 6.45) is 0.899. The highest BCUT2D eigenvalue weighted by Gasteiger charge is 2.31. The minimum absolute atomic E-state index is 0.404. The number of halogens is 1. The van der Waals surface area contributed by atoms with Crippen LogP contribution in [0.1, 0.15) is 24.8 Å². The number of aliphatic hydroxyl groups is 1. The Morgan fingerprint density at radius 1 is 1.56 bits per heavy atom. The zero-order valence-corrected chi connectivity index (χ0v) is 12.2. The fourth-order valence-electron chi connectivity index (χ4n) is 2.19. The minimum Gasteiger partial charge on any atom is -0.388 e.